The summed E-state index contributed by atoms with van der Waals surface area (Å²) < 4.78 is 5.51. The third kappa shape index (κ3) is 5.02. The second kappa shape index (κ2) is 7.17. The van der Waals surface area contributed by atoms with Crippen LogP contribution in [0.25, 0.3) is 0 Å². The van der Waals surface area contributed by atoms with Crippen LogP contribution < -0.4 is 10.1 Å². The predicted octanol–water partition coefficient (Wildman–Crippen LogP) is 2.62. The summed E-state index contributed by atoms with van der Waals surface area (Å²) in [6.07, 6.45) is 6.17. The molecule has 0 aliphatic carbocycles. The molecule has 6 heteroatoms. The van der Waals surface area contributed by atoms with Crippen LogP contribution in [0.2, 0.25) is 0 Å². The quantitative estimate of drug-likeness (QED) is 0.918. The Bertz CT molecular complexity index is 636. The van der Waals surface area contributed by atoms with E-state index in [-0.39, 0.29) is 17.4 Å². The fourth-order valence-electron chi connectivity index (χ4n) is 1.66. The molecule has 122 valence electrons. The minimum Gasteiger partial charge on any atom is -0.484 e. The summed E-state index contributed by atoms with van der Waals surface area (Å²) in [5, 5.41) is 2.99. The number of aromatic nitrogens is 3. The van der Waals surface area contributed by atoms with Crippen LogP contribution in [0.3, 0.4) is 0 Å². The molecule has 0 saturated heterocycles. The highest BCUT2D eigenvalue weighted by Gasteiger charge is 2.22. The molecular weight excluding hydrogens is 292 g/mol. The van der Waals surface area contributed by atoms with Crippen LogP contribution >= 0.6 is 0 Å². The van der Waals surface area contributed by atoms with Crippen LogP contribution in [0.5, 0.6) is 5.75 Å². The summed E-state index contributed by atoms with van der Waals surface area (Å²) >= 11 is 0. The van der Waals surface area contributed by atoms with Crippen LogP contribution in [0.1, 0.15) is 43.7 Å². The van der Waals surface area contributed by atoms with E-state index in [2.05, 4.69) is 41.0 Å². The largest absolute Gasteiger partial charge is 0.484 e. The first-order chi connectivity index (χ1) is 10.9. The monoisotopic (exact) mass is 314 g/mol. The van der Waals surface area contributed by atoms with Gasteiger partial charge in [-0.2, -0.15) is 0 Å². The van der Waals surface area contributed by atoms with Gasteiger partial charge in [0.05, 0.1) is 23.7 Å². The number of hydrogen-bond acceptors (Lipinski definition) is 5. The Morgan fingerprint density at radius 3 is 2.48 bits per heavy atom. The highest BCUT2D eigenvalue weighted by Crippen LogP contribution is 2.19. The average Bonchev–Trinajstić information content (AvgIpc) is 2.53. The SMILES string of the molecule is CC(NC(=O)c1ccc(COc2cncnc2)nc1)C(C)(C)C. The van der Waals surface area contributed by atoms with Crippen LogP contribution in [0.15, 0.2) is 37.1 Å². The topological polar surface area (TPSA) is 77.0 Å². The van der Waals surface area contributed by atoms with Crippen molar-refractivity contribution >= 4 is 5.91 Å². The average molecular weight is 314 g/mol. The first-order valence-corrected chi connectivity index (χ1v) is 7.50. The van der Waals surface area contributed by atoms with Crippen molar-refractivity contribution in [2.24, 2.45) is 5.41 Å². The summed E-state index contributed by atoms with van der Waals surface area (Å²) in [6.45, 7) is 8.56. The molecule has 1 amide bonds. The van der Waals surface area contributed by atoms with Gasteiger partial charge in [0.25, 0.3) is 5.91 Å². The molecule has 1 unspecified atom stereocenters. The molecule has 0 aliphatic rings. The molecule has 2 aromatic rings. The lowest BCUT2D eigenvalue weighted by molar-refractivity contribution is 0.0909. The maximum absolute atomic E-state index is 12.2. The Balaban J connectivity index is 1.92. The van der Waals surface area contributed by atoms with Gasteiger partial charge in [0.2, 0.25) is 0 Å². The van der Waals surface area contributed by atoms with Crippen molar-refractivity contribution in [2.45, 2.75) is 40.3 Å². The van der Waals surface area contributed by atoms with E-state index in [9.17, 15) is 4.79 Å². The maximum Gasteiger partial charge on any atom is 0.253 e. The van der Waals surface area contributed by atoms with E-state index in [0.29, 0.717) is 17.9 Å². The predicted molar refractivity (Wildman–Crippen MR) is 87.0 cm³/mol. The number of carbonyl (C=O) groups is 1. The number of rotatable bonds is 5. The van der Waals surface area contributed by atoms with Gasteiger partial charge in [-0.15, -0.1) is 0 Å². The fourth-order valence-corrected chi connectivity index (χ4v) is 1.66. The molecule has 2 rings (SSSR count). The lowest BCUT2D eigenvalue weighted by Crippen LogP contribution is -2.41. The smallest absolute Gasteiger partial charge is 0.253 e. The van der Waals surface area contributed by atoms with Gasteiger partial charge in [0.15, 0.2) is 5.75 Å². The van der Waals surface area contributed by atoms with Crippen molar-refractivity contribution in [1.82, 2.24) is 20.3 Å². The van der Waals surface area contributed by atoms with Crippen molar-refractivity contribution in [1.29, 1.82) is 0 Å². The summed E-state index contributed by atoms with van der Waals surface area (Å²) in [5.41, 5.74) is 1.27. The zero-order valence-electron chi connectivity index (χ0n) is 13.9. The zero-order valence-corrected chi connectivity index (χ0v) is 13.9. The number of carbonyl (C=O) groups excluding carboxylic acids is 1. The van der Waals surface area contributed by atoms with Crippen LogP contribution in [0.4, 0.5) is 0 Å². The Morgan fingerprint density at radius 1 is 1.22 bits per heavy atom. The number of nitrogens with one attached hydrogen (secondary N) is 1. The number of hydrogen-bond donors (Lipinski definition) is 1. The molecule has 2 heterocycles. The molecule has 1 atom stereocenters. The molecule has 0 aliphatic heterocycles. The van der Waals surface area contributed by atoms with Crippen molar-refractivity contribution < 1.29 is 9.53 Å². The van der Waals surface area contributed by atoms with Crippen LogP contribution in [-0.2, 0) is 6.61 Å². The second-order valence-electron chi connectivity index (χ2n) is 6.46. The normalized spacial score (nSPS) is 12.5. The molecule has 0 bridgehead atoms. The summed E-state index contributed by atoms with van der Waals surface area (Å²) in [4.78, 5) is 24.2. The number of pyridine rings is 1. The minimum absolute atomic E-state index is 0.00856. The summed E-state index contributed by atoms with van der Waals surface area (Å²) in [6, 6.07) is 3.59. The van der Waals surface area contributed by atoms with Crippen molar-refractivity contribution in [2.75, 3.05) is 0 Å². The van der Waals surface area contributed by atoms with E-state index in [4.69, 9.17) is 4.74 Å². The van der Waals surface area contributed by atoms with E-state index in [1.807, 2.05) is 6.92 Å². The van der Waals surface area contributed by atoms with E-state index < -0.39 is 0 Å². The van der Waals surface area contributed by atoms with Crippen molar-refractivity contribution in [3.8, 4) is 5.75 Å². The first kappa shape index (κ1) is 16.9. The highest BCUT2D eigenvalue weighted by molar-refractivity contribution is 5.94. The Kier molecular flexibility index (Phi) is 5.26. The van der Waals surface area contributed by atoms with Gasteiger partial charge in [-0.25, -0.2) is 9.97 Å². The lowest BCUT2D eigenvalue weighted by Gasteiger charge is -2.28. The molecule has 23 heavy (non-hydrogen) atoms. The molecule has 0 saturated carbocycles. The lowest BCUT2D eigenvalue weighted by atomic mass is 9.88. The third-order valence-corrected chi connectivity index (χ3v) is 3.66. The number of nitrogens with zero attached hydrogens (tertiary/aromatic N) is 3. The minimum atomic E-state index is -0.121. The summed E-state index contributed by atoms with van der Waals surface area (Å²) in [7, 11) is 0. The van der Waals surface area contributed by atoms with Crippen LogP contribution in [0, 0.1) is 5.41 Å². The molecule has 1 N–H and O–H groups in total. The molecule has 0 fully saturated rings. The summed E-state index contributed by atoms with van der Waals surface area (Å²) in [5.74, 6) is 0.457. The number of amides is 1. The first-order valence-electron chi connectivity index (χ1n) is 7.50. The van der Waals surface area contributed by atoms with Gasteiger partial charge in [-0.3, -0.25) is 9.78 Å². The molecule has 0 aromatic carbocycles. The van der Waals surface area contributed by atoms with Gasteiger partial charge in [-0.05, 0) is 24.5 Å². The zero-order chi connectivity index (χ0) is 16.9. The van der Waals surface area contributed by atoms with E-state index >= 15 is 0 Å². The second-order valence-corrected chi connectivity index (χ2v) is 6.46. The van der Waals surface area contributed by atoms with Gasteiger partial charge in [0, 0.05) is 12.2 Å². The molecule has 0 radical (unpaired) electrons. The molecular formula is C17H22N4O2. The highest BCUT2D eigenvalue weighted by atomic mass is 16.5. The Labute approximate surface area is 136 Å². The van der Waals surface area contributed by atoms with Gasteiger partial charge < -0.3 is 10.1 Å². The standard InChI is InChI=1S/C17H22N4O2/c1-12(17(2,3)4)21-16(22)13-5-6-14(20-7-13)10-23-15-8-18-11-19-9-15/h5-9,11-12H,10H2,1-4H3,(H,21,22). The Morgan fingerprint density at radius 2 is 1.91 bits per heavy atom. The van der Waals surface area contributed by atoms with E-state index in [1.54, 1.807) is 30.7 Å². The van der Waals surface area contributed by atoms with Gasteiger partial charge in [0.1, 0.15) is 12.9 Å². The molecule has 0 spiro atoms. The van der Waals surface area contributed by atoms with Gasteiger partial charge >= 0.3 is 0 Å². The Hall–Kier alpha value is -2.50. The van der Waals surface area contributed by atoms with Crippen LogP contribution in [-0.4, -0.2) is 26.9 Å². The van der Waals surface area contributed by atoms with Crippen molar-refractivity contribution in [3.05, 3.63) is 48.3 Å². The van der Waals surface area contributed by atoms with Gasteiger partial charge in [-0.1, -0.05) is 20.8 Å². The molecule has 6 nitrogen and oxygen atoms in total. The van der Waals surface area contributed by atoms with E-state index in [0.717, 1.165) is 5.69 Å². The van der Waals surface area contributed by atoms with E-state index in [1.165, 1.54) is 6.33 Å². The maximum atomic E-state index is 12.2. The third-order valence-electron chi connectivity index (χ3n) is 3.66. The molecule has 2 aromatic heterocycles. The number of ether oxygens (including phenoxy) is 1. The van der Waals surface area contributed by atoms with Crippen molar-refractivity contribution in [3.63, 3.8) is 0 Å². The fraction of sp³-hybridized carbons (Fsp3) is 0.412.